The first kappa shape index (κ1) is 23.8. The number of rotatable bonds is 12. The number of carboxylic acid groups (broad SMARTS) is 1. The summed E-state index contributed by atoms with van der Waals surface area (Å²) in [7, 11) is 1.56. The van der Waals surface area contributed by atoms with E-state index < -0.39 is 5.97 Å². The van der Waals surface area contributed by atoms with Crippen molar-refractivity contribution in [1.29, 1.82) is 0 Å². The molecule has 0 bridgehead atoms. The van der Waals surface area contributed by atoms with E-state index in [1.807, 2.05) is 26.0 Å². The summed E-state index contributed by atoms with van der Waals surface area (Å²) in [6, 6.07) is 10.7. The van der Waals surface area contributed by atoms with E-state index in [4.69, 9.17) is 19.3 Å². The number of aliphatic carboxylic acids is 1. The van der Waals surface area contributed by atoms with Gasteiger partial charge in [0.2, 0.25) is 5.91 Å². The number of ether oxygens (including phenoxy) is 3. The maximum atomic E-state index is 12.5. The van der Waals surface area contributed by atoms with Crippen molar-refractivity contribution in [3.05, 3.63) is 53.6 Å². The van der Waals surface area contributed by atoms with Gasteiger partial charge in [0.15, 0.2) is 11.5 Å². The highest BCUT2D eigenvalue weighted by atomic mass is 16.5. The summed E-state index contributed by atoms with van der Waals surface area (Å²) in [5.74, 6) is 0.578. The average molecular weight is 427 g/mol. The maximum absolute atomic E-state index is 12.5. The van der Waals surface area contributed by atoms with Crippen molar-refractivity contribution < 1.29 is 28.9 Å². The Balaban J connectivity index is 2.15. The Morgan fingerprint density at radius 2 is 1.81 bits per heavy atom. The van der Waals surface area contributed by atoms with Gasteiger partial charge in [0.05, 0.1) is 26.0 Å². The predicted octanol–water partition coefficient (Wildman–Crippen LogP) is 4.55. The van der Waals surface area contributed by atoms with Gasteiger partial charge in [0.1, 0.15) is 5.75 Å². The minimum atomic E-state index is -0.870. The van der Waals surface area contributed by atoms with Gasteiger partial charge in [0, 0.05) is 12.5 Å². The van der Waals surface area contributed by atoms with E-state index in [9.17, 15) is 9.59 Å². The number of amides is 1. The summed E-state index contributed by atoms with van der Waals surface area (Å²) in [4.78, 5) is 23.4. The molecule has 0 heterocycles. The third-order valence-electron chi connectivity index (χ3n) is 4.31. The van der Waals surface area contributed by atoms with Gasteiger partial charge in [-0.2, -0.15) is 0 Å². The van der Waals surface area contributed by atoms with Crippen LogP contribution in [0.25, 0.3) is 6.08 Å². The van der Waals surface area contributed by atoms with Gasteiger partial charge in [-0.25, -0.2) is 0 Å². The van der Waals surface area contributed by atoms with E-state index in [2.05, 4.69) is 5.32 Å². The molecule has 0 aliphatic carbocycles. The molecule has 31 heavy (non-hydrogen) atoms. The minimum absolute atomic E-state index is 0.0159. The van der Waals surface area contributed by atoms with Crippen molar-refractivity contribution in [2.75, 3.05) is 25.6 Å². The summed E-state index contributed by atoms with van der Waals surface area (Å²) >= 11 is 0. The van der Waals surface area contributed by atoms with Crippen molar-refractivity contribution in [3.63, 3.8) is 0 Å². The van der Waals surface area contributed by atoms with E-state index in [-0.39, 0.29) is 12.3 Å². The van der Waals surface area contributed by atoms with Gasteiger partial charge in [-0.15, -0.1) is 0 Å². The lowest BCUT2D eigenvalue weighted by Gasteiger charge is -2.13. The molecule has 0 fully saturated rings. The Morgan fingerprint density at radius 1 is 1.03 bits per heavy atom. The lowest BCUT2D eigenvalue weighted by Crippen LogP contribution is -2.10. The van der Waals surface area contributed by atoms with Gasteiger partial charge in [0.25, 0.3) is 0 Å². The van der Waals surface area contributed by atoms with E-state index in [1.54, 1.807) is 37.5 Å². The van der Waals surface area contributed by atoms with Crippen molar-refractivity contribution >= 4 is 23.6 Å². The van der Waals surface area contributed by atoms with Gasteiger partial charge in [-0.05, 0) is 61.2 Å². The van der Waals surface area contributed by atoms with Gasteiger partial charge in [-0.1, -0.05) is 19.1 Å². The van der Waals surface area contributed by atoms with Crippen molar-refractivity contribution in [2.45, 2.75) is 33.1 Å². The fourth-order valence-electron chi connectivity index (χ4n) is 2.83. The number of carbonyl (C=O) groups excluding carboxylic acids is 1. The lowest BCUT2D eigenvalue weighted by molar-refractivity contribution is -0.137. The van der Waals surface area contributed by atoms with Crippen LogP contribution >= 0.6 is 0 Å². The monoisotopic (exact) mass is 427 g/mol. The van der Waals surface area contributed by atoms with E-state index in [0.717, 1.165) is 17.5 Å². The summed E-state index contributed by atoms with van der Waals surface area (Å²) in [5.41, 5.74) is 2.10. The average Bonchev–Trinajstić information content (AvgIpc) is 2.76. The standard InChI is InChI=1S/C24H29NO6/c1-4-14-31-20-10-6-17(9-13-24(27)28)15-19(20)25-23(26)12-8-18-7-11-21(30-5-2)22(16-18)29-3/h6-8,10-12,15-16H,4-5,9,13-14H2,1-3H3,(H,25,26)(H,27,28)/b12-8+. The third-order valence-corrected chi connectivity index (χ3v) is 4.31. The molecule has 1 amide bonds. The minimum Gasteiger partial charge on any atom is -0.493 e. The third kappa shape index (κ3) is 7.70. The highest BCUT2D eigenvalue weighted by molar-refractivity contribution is 6.02. The molecule has 0 aromatic heterocycles. The molecule has 0 saturated carbocycles. The van der Waals surface area contributed by atoms with Crippen LogP contribution in [-0.2, 0) is 16.0 Å². The van der Waals surface area contributed by atoms with Crippen LogP contribution in [-0.4, -0.2) is 37.3 Å². The molecule has 0 atom stereocenters. The lowest BCUT2D eigenvalue weighted by atomic mass is 10.1. The molecule has 0 radical (unpaired) electrons. The second-order valence-corrected chi connectivity index (χ2v) is 6.74. The number of methoxy groups -OCH3 is 1. The fraction of sp³-hybridized carbons (Fsp3) is 0.333. The SMILES string of the molecule is CCCOc1ccc(CCC(=O)O)cc1NC(=O)/C=C/c1ccc(OCC)c(OC)c1. The quantitative estimate of drug-likeness (QED) is 0.483. The second kappa shape index (κ2) is 12.3. The molecule has 0 aliphatic heterocycles. The summed E-state index contributed by atoms with van der Waals surface area (Å²) in [6.07, 6.45) is 4.31. The summed E-state index contributed by atoms with van der Waals surface area (Å²) in [6.45, 7) is 4.93. The van der Waals surface area contributed by atoms with Crippen LogP contribution in [0.3, 0.4) is 0 Å². The Kier molecular flexibility index (Phi) is 9.42. The molecule has 2 rings (SSSR count). The van der Waals surface area contributed by atoms with Crippen LogP contribution in [0.15, 0.2) is 42.5 Å². The molecule has 0 unspecified atom stereocenters. The largest absolute Gasteiger partial charge is 0.493 e. The number of nitrogens with one attached hydrogen (secondary N) is 1. The zero-order valence-electron chi connectivity index (χ0n) is 18.1. The van der Waals surface area contributed by atoms with Crippen LogP contribution in [0.5, 0.6) is 17.2 Å². The van der Waals surface area contributed by atoms with Gasteiger partial charge >= 0.3 is 5.97 Å². The highest BCUT2D eigenvalue weighted by Crippen LogP contribution is 2.29. The number of hydrogen-bond donors (Lipinski definition) is 2. The molecule has 7 heteroatoms. The van der Waals surface area contributed by atoms with Crippen LogP contribution in [0.4, 0.5) is 5.69 Å². The van der Waals surface area contributed by atoms with E-state index in [0.29, 0.717) is 42.6 Å². The number of hydrogen-bond acceptors (Lipinski definition) is 5. The normalized spacial score (nSPS) is 10.7. The van der Waals surface area contributed by atoms with E-state index in [1.165, 1.54) is 6.08 Å². The summed E-state index contributed by atoms with van der Waals surface area (Å²) < 4.78 is 16.5. The van der Waals surface area contributed by atoms with Crippen LogP contribution in [0, 0.1) is 0 Å². The molecule has 166 valence electrons. The van der Waals surface area contributed by atoms with E-state index >= 15 is 0 Å². The van der Waals surface area contributed by atoms with Crippen LogP contribution < -0.4 is 19.5 Å². The second-order valence-electron chi connectivity index (χ2n) is 6.74. The topological polar surface area (TPSA) is 94.1 Å². The van der Waals surface area contributed by atoms with Crippen LogP contribution in [0.2, 0.25) is 0 Å². The van der Waals surface area contributed by atoms with Gasteiger partial charge in [-0.3, -0.25) is 9.59 Å². The first-order chi connectivity index (χ1) is 15.0. The zero-order chi connectivity index (χ0) is 22.6. The number of aryl methyl sites for hydroxylation is 1. The van der Waals surface area contributed by atoms with Crippen molar-refractivity contribution in [1.82, 2.24) is 0 Å². The van der Waals surface area contributed by atoms with Gasteiger partial charge < -0.3 is 24.6 Å². The molecule has 0 saturated heterocycles. The Bertz CT molecular complexity index is 922. The maximum Gasteiger partial charge on any atom is 0.303 e. The smallest absolute Gasteiger partial charge is 0.303 e. The molecular weight excluding hydrogens is 398 g/mol. The summed E-state index contributed by atoms with van der Waals surface area (Å²) in [5, 5.41) is 11.7. The molecule has 2 aromatic carbocycles. The Hall–Kier alpha value is -3.48. The van der Waals surface area contributed by atoms with Crippen molar-refractivity contribution in [2.24, 2.45) is 0 Å². The number of carbonyl (C=O) groups is 2. The molecule has 7 nitrogen and oxygen atoms in total. The highest BCUT2D eigenvalue weighted by Gasteiger charge is 2.10. The molecular formula is C24H29NO6. The Labute approximate surface area is 182 Å². The number of carboxylic acids is 1. The molecule has 0 spiro atoms. The predicted molar refractivity (Wildman–Crippen MR) is 120 cm³/mol. The molecule has 2 N–H and O–H groups in total. The first-order valence-corrected chi connectivity index (χ1v) is 10.2. The zero-order valence-corrected chi connectivity index (χ0v) is 18.1. The Morgan fingerprint density at radius 3 is 2.48 bits per heavy atom. The molecule has 2 aromatic rings. The fourth-order valence-corrected chi connectivity index (χ4v) is 2.83. The number of anilines is 1. The van der Waals surface area contributed by atoms with Crippen LogP contribution in [0.1, 0.15) is 37.8 Å². The van der Waals surface area contributed by atoms with Crippen molar-refractivity contribution in [3.8, 4) is 17.2 Å². The first-order valence-electron chi connectivity index (χ1n) is 10.2. The number of benzene rings is 2. The molecule has 0 aliphatic rings.